The van der Waals surface area contributed by atoms with Crippen LogP contribution in [0.1, 0.15) is 0 Å². The first-order chi connectivity index (χ1) is 8.45. The summed E-state index contributed by atoms with van der Waals surface area (Å²) in [6.07, 6.45) is -1.27. The molecule has 0 spiro atoms. The van der Waals surface area contributed by atoms with Gasteiger partial charge < -0.3 is 14.4 Å². The van der Waals surface area contributed by atoms with Crippen molar-refractivity contribution < 1.29 is 45.6 Å². The predicted molar refractivity (Wildman–Crippen MR) is 50.3 cm³/mol. The van der Waals surface area contributed by atoms with Crippen molar-refractivity contribution >= 4 is 22.2 Å². The molecule has 2 N–H and O–H groups in total. The van der Waals surface area contributed by atoms with Gasteiger partial charge >= 0.3 is 27.7 Å². The van der Waals surface area contributed by atoms with Gasteiger partial charge in [-0.05, 0) is 6.08 Å². The van der Waals surface area contributed by atoms with E-state index in [1.807, 2.05) is 0 Å². The van der Waals surface area contributed by atoms with Crippen LogP contribution in [0.3, 0.4) is 0 Å². The summed E-state index contributed by atoms with van der Waals surface area (Å²) in [7, 11) is -5.96. The zero-order chi connectivity index (χ0) is 15.0. The summed E-state index contributed by atoms with van der Waals surface area (Å²) in [4.78, 5) is 21.5. The van der Waals surface area contributed by atoms with Crippen LogP contribution in [-0.2, 0) is 19.1 Å². The number of hydrogen-bond acceptors (Lipinski definition) is 5. The van der Waals surface area contributed by atoms with Crippen molar-refractivity contribution in [1.29, 1.82) is 0 Å². The van der Waals surface area contributed by atoms with E-state index in [2.05, 4.69) is 4.18 Å². The first-order valence-electron chi connectivity index (χ1n) is 4.39. The number of amides is 1. The molecule has 1 unspecified atom stereocenters. The molecule has 8 nitrogen and oxygen atoms in total. The first kappa shape index (κ1) is 15.1. The lowest BCUT2D eigenvalue weighted by Crippen LogP contribution is -2.40. The molecule has 1 heterocycles. The highest BCUT2D eigenvalue weighted by Crippen LogP contribution is 2.29. The summed E-state index contributed by atoms with van der Waals surface area (Å²) >= 11 is 0. The highest BCUT2D eigenvalue weighted by atomic mass is 32.2. The maximum absolute atomic E-state index is 12.0. The molecule has 0 saturated heterocycles. The highest BCUT2D eigenvalue weighted by molar-refractivity contribution is 7.87. The van der Waals surface area contributed by atoms with Crippen LogP contribution in [0.5, 0.6) is 0 Å². The molecule has 0 fully saturated rings. The Kier molecular flexibility index (Phi) is 3.65. The second kappa shape index (κ2) is 4.60. The van der Waals surface area contributed by atoms with Gasteiger partial charge in [-0.25, -0.2) is 9.59 Å². The molecule has 1 amide bonds. The molecule has 19 heavy (non-hydrogen) atoms. The number of hydrogen-bond donors (Lipinski definition) is 2. The van der Waals surface area contributed by atoms with Gasteiger partial charge in [-0.15, -0.1) is 0 Å². The topological polar surface area (TPSA) is 121 Å². The summed E-state index contributed by atoms with van der Waals surface area (Å²) in [5, 5.41) is 17.2. The average Bonchev–Trinajstić information content (AvgIpc) is 2.59. The van der Waals surface area contributed by atoms with Crippen LogP contribution in [0, 0.1) is 0 Å². The summed E-state index contributed by atoms with van der Waals surface area (Å²) in [5.74, 6) is -2.60. The average molecular weight is 305 g/mol. The Balaban J connectivity index is 2.97. The number of alkyl halides is 3. The number of carboxylic acid groups (broad SMARTS) is 2. The number of carboxylic acids is 1. The maximum Gasteiger partial charge on any atom is 0.534 e. The minimum atomic E-state index is -5.96. The third kappa shape index (κ3) is 3.07. The lowest BCUT2D eigenvalue weighted by atomic mass is 10.3. The summed E-state index contributed by atoms with van der Waals surface area (Å²) < 4.78 is 61.0. The van der Waals surface area contributed by atoms with Crippen molar-refractivity contribution in [2.24, 2.45) is 0 Å². The number of halogens is 3. The molecule has 0 radical (unpaired) electrons. The van der Waals surface area contributed by atoms with E-state index in [4.69, 9.17) is 10.2 Å². The Hall–Kier alpha value is -1.98. The van der Waals surface area contributed by atoms with E-state index in [1.165, 1.54) is 0 Å². The van der Waals surface area contributed by atoms with Gasteiger partial charge in [0, 0.05) is 0 Å². The fourth-order valence-electron chi connectivity index (χ4n) is 1.22. The Labute approximate surface area is 103 Å². The summed E-state index contributed by atoms with van der Waals surface area (Å²) in [6.45, 7) is -0.915. The highest BCUT2D eigenvalue weighted by Gasteiger charge is 2.50. The number of nitrogens with zero attached hydrogens (tertiary/aromatic N) is 1. The molecular weight excluding hydrogens is 299 g/mol. The number of rotatable bonds is 3. The molecule has 0 aromatic rings. The molecule has 1 atom stereocenters. The van der Waals surface area contributed by atoms with Crippen molar-refractivity contribution in [2.45, 2.75) is 11.6 Å². The Morgan fingerprint density at radius 1 is 1.37 bits per heavy atom. The molecule has 0 aliphatic carbocycles. The zero-order valence-electron chi connectivity index (χ0n) is 8.79. The maximum atomic E-state index is 12.0. The van der Waals surface area contributed by atoms with Crippen molar-refractivity contribution in [3.05, 3.63) is 11.8 Å². The van der Waals surface area contributed by atoms with Crippen molar-refractivity contribution in [3.8, 4) is 0 Å². The van der Waals surface area contributed by atoms with Crippen molar-refractivity contribution in [1.82, 2.24) is 4.90 Å². The SMILES string of the molecule is O=C(O)C1C=C(OS(=O)(=O)C(F)(F)F)CN1C(=O)O. The van der Waals surface area contributed by atoms with Gasteiger partial charge in [0.1, 0.15) is 5.76 Å². The molecule has 0 bridgehead atoms. The molecule has 12 heteroatoms. The normalized spacial score (nSPS) is 20.1. The van der Waals surface area contributed by atoms with Crippen LogP contribution >= 0.6 is 0 Å². The molecule has 108 valence electrons. The summed E-state index contributed by atoms with van der Waals surface area (Å²) in [6, 6.07) is -1.81. The Morgan fingerprint density at radius 2 is 1.89 bits per heavy atom. The lowest BCUT2D eigenvalue weighted by molar-refractivity contribution is -0.140. The van der Waals surface area contributed by atoms with Gasteiger partial charge in [-0.3, -0.25) is 4.90 Å². The van der Waals surface area contributed by atoms with E-state index < -0.39 is 46.0 Å². The monoisotopic (exact) mass is 305 g/mol. The molecule has 1 aliphatic rings. The first-order valence-corrected chi connectivity index (χ1v) is 5.80. The van der Waals surface area contributed by atoms with Gasteiger partial charge in [-0.1, -0.05) is 0 Å². The molecule has 0 aromatic heterocycles. The van der Waals surface area contributed by atoms with E-state index in [9.17, 15) is 31.2 Å². The molecular formula is C7H6F3NO7S. The largest absolute Gasteiger partial charge is 0.534 e. The molecule has 1 rings (SSSR count). The van der Waals surface area contributed by atoms with Crippen LogP contribution in [0.4, 0.5) is 18.0 Å². The molecule has 0 aromatic carbocycles. The third-order valence-electron chi connectivity index (χ3n) is 2.00. The van der Waals surface area contributed by atoms with Crippen LogP contribution in [0.2, 0.25) is 0 Å². The lowest BCUT2D eigenvalue weighted by Gasteiger charge is -2.17. The third-order valence-corrected chi connectivity index (χ3v) is 3.01. The molecule has 0 saturated carbocycles. The van der Waals surface area contributed by atoms with Crippen molar-refractivity contribution in [3.63, 3.8) is 0 Å². The van der Waals surface area contributed by atoms with E-state index >= 15 is 0 Å². The summed E-state index contributed by atoms with van der Waals surface area (Å²) in [5.41, 5.74) is -5.69. The minimum absolute atomic E-state index is 0.212. The van der Waals surface area contributed by atoms with Gasteiger partial charge in [-0.2, -0.15) is 21.6 Å². The van der Waals surface area contributed by atoms with E-state index in [1.54, 1.807) is 0 Å². The van der Waals surface area contributed by atoms with E-state index in [0.717, 1.165) is 0 Å². The van der Waals surface area contributed by atoms with Crippen LogP contribution in [0.15, 0.2) is 11.8 Å². The second-order valence-corrected chi connectivity index (χ2v) is 4.85. The fraction of sp³-hybridized carbons (Fsp3) is 0.429. The zero-order valence-corrected chi connectivity index (χ0v) is 9.60. The van der Waals surface area contributed by atoms with Crippen LogP contribution in [-0.4, -0.2) is 53.7 Å². The van der Waals surface area contributed by atoms with Crippen LogP contribution < -0.4 is 0 Å². The fourth-order valence-corrected chi connectivity index (χ4v) is 1.70. The Bertz CT molecular complexity index is 537. The number of aliphatic carboxylic acids is 1. The predicted octanol–water partition coefficient (Wildman–Crippen LogP) is 0.183. The van der Waals surface area contributed by atoms with E-state index in [-0.39, 0.29) is 4.90 Å². The van der Waals surface area contributed by atoms with Gasteiger partial charge in [0.05, 0.1) is 6.54 Å². The smallest absolute Gasteiger partial charge is 0.479 e. The van der Waals surface area contributed by atoms with Crippen molar-refractivity contribution in [2.75, 3.05) is 6.54 Å². The van der Waals surface area contributed by atoms with Gasteiger partial charge in [0.15, 0.2) is 6.04 Å². The molecule has 1 aliphatic heterocycles. The number of carbonyl (C=O) groups is 2. The van der Waals surface area contributed by atoms with Crippen LogP contribution in [0.25, 0.3) is 0 Å². The van der Waals surface area contributed by atoms with Gasteiger partial charge in [0.2, 0.25) is 0 Å². The second-order valence-electron chi connectivity index (χ2n) is 3.31. The quantitative estimate of drug-likeness (QED) is 0.563. The Morgan fingerprint density at radius 3 is 2.21 bits per heavy atom. The minimum Gasteiger partial charge on any atom is -0.479 e. The van der Waals surface area contributed by atoms with E-state index in [0.29, 0.717) is 6.08 Å². The van der Waals surface area contributed by atoms with Gasteiger partial charge in [0.25, 0.3) is 0 Å². The standard InChI is InChI=1S/C7H6F3NO7S/c8-7(9,10)19(16,17)18-3-1-4(5(12)13)11(2-3)6(14)15/h1,4H,2H2,(H,12,13)(H,14,15).